The first-order valence-electron chi connectivity index (χ1n) is 10.7. The van der Waals surface area contributed by atoms with Crippen molar-refractivity contribution in [2.24, 2.45) is 16.8 Å². The summed E-state index contributed by atoms with van der Waals surface area (Å²) in [5.41, 5.74) is 2.45. The zero-order valence-electron chi connectivity index (χ0n) is 18.2. The summed E-state index contributed by atoms with van der Waals surface area (Å²) in [5.74, 6) is 1.93. The fraction of sp³-hybridized carbons (Fsp3) is 0.682. The Balaban J connectivity index is 0.00000420. The normalized spacial score (nSPS) is 15.8. The summed E-state index contributed by atoms with van der Waals surface area (Å²) in [7, 11) is 0. The molecule has 2 rings (SSSR count). The molecular weight excluding hydrogens is 479 g/mol. The molecule has 0 amide bonds. The lowest BCUT2D eigenvalue weighted by Gasteiger charge is -2.28. The molecule has 1 heterocycles. The van der Waals surface area contributed by atoms with E-state index in [4.69, 9.17) is 9.73 Å². The first-order valence-corrected chi connectivity index (χ1v) is 10.7. The van der Waals surface area contributed by atoms with Gasteiger partial charge in [-0.15, -0.1) is 24.0 Å². The number of rotatable bonds is 10. The summed E-state index contributed by atoms with van der Waals surface area (Å²) in [6, 6.07) is 8.67. The summed E-state index contributed by atoms with van der Waals surface area (Å²) in [4.78, 5) is 7.09. The number of benzene rings is 1. The number of hydrogen-bond donors (Lipinski definition) is 3. The molecule has 1 unspecified atom stereocenters. The predicted molar refractivity (Wildman–Crippen MR) is 132 cm³/mol. The SMILES string of the molecule is CCNC(=NCc1ccc(N2CCOCC2)cc1)NCC(CCO)CC(C)C.I. The second-order valence-corrected chi connectivity index (χ2v) is 7.85. The number of halogens is 1. The third-order valence-electron chi connectivity index (χ3n) is 4.98. The van der Waals surface area contributed by atoms with Crippen LogP contribution in [0.1, 0.15) is 39.2 Å². The van der Waals surface area contributed by atoms with Crippen molar-refractivity contribution in [1.29, 1.82) is 0 Å². The molecule has 0 bridgehead atoms. The van der Waals surface area contributed by atoms with Crippen LogP contribution in [0.3, 0.4) is 0 Å². The molecule has 1 aliphatic rings. The van der Waals surface area contributed by atoms with Gasteiger partial charge in [0.15, 0.2) is 5.96 Å². The average Bonchev–Trinajstić information content (AvgIpc) is 2.71. The van der Waals surface area contributed by atoms with Crippen molar-refractivity contribution in [3.8, 4) is 0 Å². The molecule has 0 spiro atoms. The predicted octanol–water partition coefficient (Wildman–Crippen LogP) is 3.24. The quantitative estimate of drug-likeness (QED) is 0.252. The number of aliphatic imine (C=N–C) groups is 1. The minimum absolute atomic E-state index is 0. The summed E-state index contributed by atoms with van der Waals surface area (Å²) >= 11 is 0. The van der Waals surface area contributed by atoms with Crippen molar-refractivity contribution in [2.45, 2.75) is 40.2 Å². The van der Waals surface area contributed by atoms with Gasteiger partial charge >= 0.3 is 0 Å². The maximum atomic E-state index is 9.30. The van der Waals surface area contributed by atoms with Crippen molar-refractivity contribution in [2.75, 3.05) is 50.9 Å². The lowest BCUT2D eigenvalue weighted by molar-refractivity contribution is 0.122. The van der Waals surface area contributed by atoms with Crippen LogP contribution in [0.25, 0.3) is 0 Å². The second-order valence-electron chi connectivity index (χ2n) is 7.85. The van der Waals surface area contributed by atoms with E-state index in [2.05, 4.69) is 60.6 Å². The van der Waals surface area contributed by atoms with E-state index in [-0.39, 0.29) is 30.6 Å². The molecule has 166 valence electrons. The molecule has 1 aromatic rings. The highest BCUT2D eigenvalue weighted by Crippen LogP contribution is 2.17. The van der Waals surface area contributed by atoms with E-state index in [1.54, 1.807) is 0 Å². The highest BCUT2D eigenvalue weighted by atomic mass is 127. The lowest BCUT2D eigenvalue weighted by atomic mass is 9.94. The minimum Gasteiger partial charge on any atom is -0.396 e. The number of ether oxygens (including phenoxy) is 1. The third-order valence-corrected chi connectivity index (χ3v) is 4.98. The second kappa shape index (κ2) is 14.8. The molecule has 7 heteroatoms. The number of morpholine rings is 1. The average molecular weight is 518 g/mol. The lowest BCUT2D eigenvalue weighted by Crippen LogP contribution is -2.40. The monoisotopic (exact) mass is 518 g/mol. The molecular formula is C22H39IN4O2. The first kappa shape index (κ1) is 26.0. The number of aliphatic hydroxyl groups excluding tert-OH is 1. The van der Waals surface area contributed by atoms with Gasteiger partial charge < -0.3 is 25.4 Å². The van der Waals surface area contributed by atoms with Crippen molar-refractivity contribution >= 4 is 35.6 Å². The van der Waals surface area contributed by atoms with Gasteiger partial charge in [0.25, 0.3) is 0 Å². The number of guanidine groups is 1. The van der Waals surface area contributed by atoms with Crippen molar-refractivity contribution < 1.29 is 9.84 Å². The third kappa shape index (κ3) is 10.00. The maximum Gasteiger partial charge on any atom is 0.191 e. The summed E-state index contributed by atoms with van der Waals surface area (Å²) in [6.07, 6.45) is 1.93. The van der Waals surface area contributed by atoms with Crippen molar-refractivity contribution in [3.05, 3.63) is 29.8 Å². The van der Waals surface area contributed by atoms with Crippen LogP contribution in [-0.4, -0.2) is 57.1 Å². The number of aliphatic hydroxyl groups is 1. The Morgan fingerprint density at radius 3 is 2.45 bits per heavy atom. The molecule has 1 saturated heterocycles. The molecule has 3 N–H and O–H groups in total. The molecule has 0 radical (unpaired) electrons. The zero-order chi connectivity index (χ0) is 20.2. The zero-order valence-corrected chi connectivity index (χ0v) is 20.5. The van der Waals surface area contributed by atoms with Gasteiger partial charge in [0, 0.05) is 38.5 Å². The number of hydrogen-bond acceptors (Lipinski definition) is 4. The fourth-order valence-electron chi connectivity index (χ4n) is 3.54. The van der Waals surface area contributed by atoms with Crippen LogP contribution in [0.5, 0.6) is 0 Å². The first-order chi connectivity index (χ1) is 13.6. The van der Waals surface area contributed by atoms with Gasteiger partial charge in [0.2, 0.25) is 0 Å². The molecule has 1 atom stereocenters. The van der Waals surface area contributed by atoms with Gasteiger partial charge in [-0.2, -0.15) is 0 Å². The highest BCUT2D eigenvalue weighted by molar-refractivity contribution is 14.0. The van der Waals surface area contributed by atoms with Crippen LogP contribution in [0.15, 0.2) is 29.3 Å². The number of anilines is 1. The molecule has 1 fully saturated rings. The molecule has 1 aromatic carbocycles. The van der Waals surface area contributed by atoms with E-state index in [9.17, 15) is 5.11 Å². The Hall–Kier alpha value is -1.06. The standard InChI is InChI=1S/C22H38N4O2.HI/c1-4-23-22(25-17-20(9-12-27)15-18(2)3)24-16-19-5-7-21(8-6-19)26-10-13-28-14-11-26;/h5-8,18,20,27H,4,9-17H2,1-3H3,(H2,23,24,25);1H. The fourth-order valence-corrected chi connectivity index (χ4v) is 3.54. The van der Waals surface area contributed by atoms with Gasteiger partial charge in [-0.25, -0.2) is 4.99 Å². The van der Waals surface area contributed by atoms with Crippen LogP contribution in [-0.2, 0) is 11.3 Å². The van der Waals surface area contributed by atoms with E-state index in [1.165, 1.54) is 11.3 Å². The maximum absolute atomic E-state index is 9.30. The Morgan fingerprint density at radius 1 is 1.17 bits per heavy atom. The topological polar surface area (TPSA) is 69.1 Å². The van der Waals surface area contributed by atoms with Gasteiger partial charge in [0.05, 0.1) is 19.8 Å². The van der Waals surface area contributed by atoms with Gasteiger partial charge in [-0.3, -0.25) is 0 Å². The van der Waals surface area contributed by atoms with Crippen LogP contribution >= 0.6 is 24.0 Å². The van der Waals surface area contributed by atoms with E-state index in [0.717, 1.165) is 58.2 Å². The minimum atomic E-state index is 0. The molecule has 1 aliphatic heterocycles. The van der Waals surface area contributed by atoms with E-state index < -0.39 is 0 Å². The summed E-state index contributed by atoms with van der Waals surface area (Å²) in [5, 5.41) is 16.1. The molecule has 0 aromatic heterocycles. The van der Waals surface area contributed by atoms with Gasteiger partial charge in [-0.05, 0) is 49.3 Å². The van der Waals surface area contributed by atoms with Crippen LogP contribution in [0.4, 0.5) is 5.69 Å². The Morgan fingerprint density at radius 2 is 1.86 bits per heavy atom. The van der Waals surface area contributed by atoms with Crippen LogP contribution < -0.4 is 15.5 Å². The number of nitrogens with zero attached hydrogens (tertiary/aromatic N) is 2. The highest BCUT2D eigenvalue weighted by Gasteiger charge is 2.12. The summed E-state index contributed by atoms with van der Waals surface area (Å²) in [6.45, 7) is 12.6. The van der Waals surface area contributed by atoms with Crippen LogP contribution in [0, 0.1) is 11.8 Å². The molecule has 0 saturated carbocycles. The Bertz CT molecular complexity index is 575. The largest absolute Gasteiger partial charge is 0.396 e. The van der Waals surface area contributed by atoms with Crippen LogP contribution in [0.2, 0.25) is 0 Å². The molecule has 29 heavy (non-hydrogen) atoms. The van der Waals surface area contributed by atoms with E-state index in [0.29, 0.717) is 18.4 Å². The Labute approximate surface area is 193 Å². The molecule has 6 nitrogen and oxygen atoms in total. The summed E-state index contributed by atoms with van der Waals surface area (Å²) < 4.78 is 5.42. The smallest absolute Gasteiger partial charge is 0.191 e. The van der Waals surface area contributed by atoms with Gasteiger partial charge in [-0.1, -0.05) is 26.0 Å². The molecule has 0 aliphatic carbocycles. The number of nitrogens with one attached hydrogen (secondary N) is 2. The van der Waals surface area contributed by atoms with E-state index >= 15 is 0 Å². The van der Waals surface area contributed by atoms with E-state index in [1.807, 2.05) is 0 Å². The Kier molecular flexibility index (Phi) is 13.3. The van der Waals surface area contributed by atoms with Crippen molar-refractivity contribution in [1.82, 2.24) is 10.6 Å². The van der Waals surface area contributed by atoms with Crippen molar-refractivity contribution in [3.63, 3.8) is 0 Å². The van der Waals surface area contributed by atoms with Gasteiger partial charge in [0.1, 0.15) is 0 Å².